The molecule has 4 unspecified atom stereocenters. The van der Waals surface area contributed by atoms with Crippen LogP contribution in [-0.2, 0) is 0 Å². The van der Waals surface area contributed by atoms with Crippen LogP contribution in [0.2, 0.25) is 0 Å². The molecule has 0 saturated heterocycles. The third-order valence-corrected chi connectivity index (χ3v) is 1.87. The molecular formula is C6H11NO5. The summed E-state index contributed by atoms with van der Waals surface area (Å²) in [5.41, 5.74) is 0. The molecule has 6 nitrogen and oxygen atoms in total. The van der Waals surface area contributed by atoms with E-state index in [4.69, 9.17) is 20.4 Å². The van der Waals surface area contributed by atoms with Gasteiger partial charge in [-0.1, -0.05) is 0 Å². The van der Waals surface area contributed by atoms with E-state index < -0.39 is 31.0 Å². The Hall–Kier alpha value is -0.690. The molecule has 0 radical (unpaired) electrons. The lowest BCUT2D eigenvalue weighted by Crippen LogP contribution is -2.44. The Morgan fingerprint density at radius 1 is 1.50 bits per heavy atom. The van der Waals surface area contributed by atoms with E-state index in [1.165, 1.54) is 0 Å². The summed E-state index contributed by atoms with van der Waals surface area (Å²) in [7, 11) is 0. The highest BCUT2D eigenvalue weighted by Gasteiger charge is 2.43. The summed E-state index contributed by atoms with van der Waals surface area (Å²) in [4.78, 5) is 0. The fraction of sp³-hybridized carbons (Fsp3) is 0.833. The molecule has 1 rings (SSSR count). The molecule has 4 atom stereocenters. The monoisotopic (exact) mass is 177 g/mol. The van der Waals surface area contributed by atoms with Crippen LogP contribution >= 0.6 is 0 Å². The standard InChI is InChI=1S/C6H11NO5/c8-2-4(10)5-6(11)3(9)1-7(5)12/h1,3-6,8-11H,2H2. The van der Waals surface area contributed by atoms with Crippen LogP contribution in [-0.4, -0.2) is 62.3 Å². The van der Waals surface area contributed by atoms with Gasteiger partial charge in [-0.15, -0.1) is 0 Å². The molecule has 0 bridgehead atoms. The van der Waals surface area contributed by atoms with Gasteiger partial charge < -0.3 is 25.6 Å². The van der Waals surface area contributed by atoms with Gasteiger partial charge >= 0.3 is 0 Å². The second kappa shape index (κ2) is 3.36. The molecule has 1 heterocycles. The van der Waals surface area contributed by atoms with Gasteiger partial charge in [-0.25, -0.2) is 4.74 Å². The molecule has 0 saturated carbocycles. The van der Waals surface area contributed by atoms with Crippen molar-refractivity contribution in [3.63, 3.8) is 0 Å². The van der Waals surface area contributed by atoms with Crippen LogP contribution in [0.5, 0.6) is 0 Å². The fourth-order valence-electron chi connectivity index (χ4n) is 1.20. The third kappa shape index (κ3) is 1.42. The highest BCUT2D eigenvalue weighted by atomic mass is 16.5. The van der Waals surface area contributed by atoms with Crippen molar-refractivity contribution < 1.29 is 25.2 Å². The van der Waals surface area contributed by atoms with E-state index in [9.17, 15) is 5.21 Å². The Kier molecular flexibility index (Phi) is 2.63. The molecule has 0 fully saturated rings. The van der Waals surface area contributed by atoms with Gasteiger partial charge in [0.2, 0.25) is 6.04 Å². The van der Waals surface area contributed by atoms with Crippen LogP contribution in [0.3, 0.4) is 0 Å². The van der Waals surface area contributed by atoms with E-state index in [1.807, 2.05) is 0 Å². The number of nitrogens with zero attached hydrogens (tertiary/aromatic N) is 1. The van der Waals surface area contributed by atoms with Crippen molar-refractivity contribution in [2.24, 2.45) is 0 Å². The topological polar surface area (TPSA) is 107 Å². The zero-order valence-corrected chi connectivity index (χ0v) is 6.24. The van der Waals surface area contributed by atoms with E-state index in [2.05, 4.69) is 0 Å². The van der Waals surface area contributed by atoms with E-state index in [1.54, 1.807) is 0 Å². The minimum Gasteiger partial charge on any atom is -0.624 e. The first-order valence-corrected chi connectivity index (χ1v) is 3.53. The first kappa shape index (κ1) is 9.40. The molecule has 0 amide bonds. The average molecular weight is 177 g/mol. The summed E-state index contributed by atoms with van der Waals surface area (Å²) in [6.45, 7) is -0.624. The minimum absolute atomic E-state index is 0.260. The lowest BCUT2D eigenvalue weighted by molar-refractivity contribution is -0.511. The van der Waals surface area contributed by atoms with Crippen LogP contribution in [0.15, 0.2) is 0 Å². The van der Waals surface area contributed by atoms with Gasteiger partial charge in [0.05, 0.1) is 6.61 Å². The van der Waals surface area contributed by atoms with Gasteiger partial charge in [-0.3, -0.25) is 0 Å². The number of hydrogen-bond acceptors (Lipinski definition) is 5. The van der Waals surface area contributed by atoms with E-state index >= 15 is 0 Å². The first-order chi connectivity index (χ1) is 5.57. The molecule has 0 spiro atoms. The van der Waals surface area contributed by atoms with Gasteiger partial charge in [0.15, 0.2) is 18.4 Å². The second-order valence-corrected chi connectivity index (χ2v) is 2.73. The summed E-state index contributed by atoms with van der Waals surface area (Å²) >= 11 is 0. The van der Waals surface area contributed by atoms with E-state index in [0.717, 1.165) is 6.21 Å². The Morgan fingerprint density at radius 2 is 2.08 bits per heavy atom. The molecule has 0 aromatic heterocycles. The highest BCUT2D eigenvalue weighted by Crippen LogP contribution is 2.13. The molecule has 6 heteroatoms. The third-order valence-electron chi connectivity index (χ3n) is 1.87. The molecular weight excluding hydrogens is 166 g/mol. The maximum Gasteiger partial charge on any atom is 0.219 e. The maximum atomic E-state index is 10.9. The van der Waals surface area contributed by atoms with Crippen molar-refractivity contribution in [3.05, 3.63) is 5.21 Å². The fourth-order valence-corrected chi connectivity index (χ4v) is 1.20. The van der Waals surface area contributed by atoms with Crippen LogP contribution in [0.1, 0.15) is 0 Å². The Morgan fingerprint density at radius 3 is 2.42 bits per heavy atom. The van der Waals surface area contributed by atoms with Gasteiger partial charge in [-0.2, -0.15) is 0 Å². The summed E-state index contributed by atoms with van der Waals surface area (Å²) in [5, 5.41) is 46.5. The SMILES string of the molecule is [O-][N+]1=CC(O)C(O)C1C(O)CO. The number of hydrogen-bond donors (Lipinski definition) is 4. The quantitative estimate of drug-likeness (QED) is 0.266. The zero-order chi connectivity index (χ0) is 9.30. The smallest absolute Gasteiger partial charge is 0.219 e. The molecule has 0 aromatic carbocycles. The molecule has 0 aromatic rings. The molecule has 70 valence electrons. The van der Waals surface area contributed by atoms with Gasteiger partial charge in [0.1, 0.15) is 6.10 Å². The van der Waals surface area contributed by atoms with Crippen LogP contribution in [0, 0.1) is 5.21 Å². The van der Waals surface area contributed by atoms with Crippen molar-refractivity contribution >= 4 is 6.21 Å². The molecule has 1 aliphatic heterocycles. The zero-order valence-electron chi connectivity index (χ0n) is 6.24. The second-order valence-electron chi connectivity index (χ2n) is 2.73. The van der Waals surface area contributed by atoms with Gasteiger partial charge in [0, 0.05) is 0 Å². The average Bonchev–Trinajstić information content (AvgIpc) is 2.26. The predicted molar refractivity (Wildman–Crippen MR) is 38.6 cm³/mol. The Balaban J connectivity index is 2.72. The Bertz CT molecular complexity index is 194. The number of aliphatic hydroxyl groups excluding tert-OH is 4. The number of rotatable bonds is 2. The van der Waals surface area contributed by atoms with Crippen molar-refractivity contribution in [1.82, 2.24) is 0 Å². The summed E-state index contributed by atoms with van der Waals surface area (Å²) < 4.78 is 0.260. The van der Waals surface area contributed by atoms with Crippen LogP contribution < -0.4 is 0 Å². The van der Waals surface area contributed by atoms with Crippen molar-refractivity contribution in [3.8, 4) is 0 Å². The van der Waals surface area contributed by atoms with Gasteiger partial charge in [-0.05, 0) is 0 Å². The lowest BCUT2D eigenvalue weighted by Gasteiger charge is -2.19. The highest BCUT2D eigenvalue weighted by molar-refractivity contribution is 5.60. The number of aliphatic hydroxyl groups is 4. The summed E-state index contributed by atoms with van der Waals surface area (Å²) in [6, 6.07) is -1.18. The minimum atomic E-state index is -1.34. The summed E-state index contributed by atoms with van der Waals surface area (Å²) in [6.07, 6.45) is -3.10. The largest absolute Gasteiger partial charge is 0.624 e. The normalized spacial score (nSPS) is 38.0. The molecule has 0 aliphatic carbocycles. The first-order valence-electron chi connectivity index (χ1n) is 3.53. The van der Waals surface area contributed by atoms with Crippen molar-refractivity contribution in [2.45, 2.75) is 24.4 Å². The Labute approximate surface area is 68.6 Å². The van der Waals surface area contributed by atoms with Crippen molar-refractivity contribution in [1.29, 1.82) is 0 Å². The number of hydroxylamine groups is 1. The van der Waals surface area contributed by atoms with E-state index in [-0.39, 0.29) is 4.74 Å². The van der Waals surface area contributed by atoms with Crippen molar-refractivity contribution in [2.75, 3.05) is 6.61 Å². The lowest BCUT2D eigenvalue weighted by atomic mass is 10.1. The van der Waals surface area contributed by atoms with Crippen LogP contribution in [0.25, 0.3) is 0 Å². The van der Waals surface area contributed by atoms with E-state index in [0.29, 0.717) is 0 Å². The predicted octanol–water partition coefficient (Wildman–Crippen LogP) is -2.98. The molecule has 4 N–H and O–H groups in total. The molecule has 1 aliphatic rings. The maximum absolute atomic E-state index is 10.9. The molecule has 12 heavy (non-hydrogen) atoms. The summed E-state index contributed by atoms with van der Waals surface area (Å²) in [5.74, 6) is 0. The van der Waals surface area contributed by atoms with Gasteiger partial charge in [0.25, 0.3) is 0 Å². The van der Waals surface area contributed by atoms with Crippen LogP contribution in [0.4, 0.5) is 0 Å².